The van der Waals surface area contributed by atoms with E-state index < -0.39 is 0 Å². The first-order valence-electron chi connectivity index (χ1n) is 4.32. The molecule has 0 aliphatic carbocycles. The molecule has 12 heavy (non-hydrogen) atoms. The Morgan fingerprint density at radius 1 is 1.25 bits per heavy atom. The van der Waals surface area contributed by atoms with Gasteiger partial charge in [-0.25, -0.2) is 5.48 Å². The van der Waals surface area contributed by atoms with Crippen LogP contribution in [0.3, 0.4) is 0 Å². The molecule has 0 spiro atoms. The highest BCUT2D eigenvalue weighted by molar-refractivity contribution is 5.26. The van der Waals surface area contributed by atoms with Crippen LogP contribution >= 0.6 is 0 Å². The maximum Gasteiger partial charge on any atom is 0.0460 e. The number of hydrogen-bond acceptors (Lipinski definition) is 2. The van der Waals surface area contributed by atoms with Crippen molar-refractivity contribution in [1.29, 1.82) is 0 Å². The lowest BCUT2D eigenvalue weighted by Crippen LogP contribution is -2.08. The van der Waals surface area contributed by atoms with E-state index in [1.54, 1.807) is 0 Å². The van der Waals surface area contributed by atoms with Gasteiger partial charge in [0.15, 0.2) is 0 Å². The van der Waals surface area contributed by atoms with Crippen LogP contribution < -0.4 is 5.48 Å². The summed E-state index contributed by atoms with van der Waals surface area (Å²) in [6, 6.07) is 8.17. The van der Waals surface area contributed by atoms with Crippen LogP contribution in [0.5, 0.6) is 0 Å². The Morgan fingerprint density at radius 2 is 1.92 bits per heavy atom. The molecule has 0 fully saturated rings. The van der Waals surface area contributed by atoms with Gasteiger partial charge in [-0.15, -0.1) is 0 Å². The SMILES string of the molecule is CCCc1ccccc1CNO. The average Bonchev–Trinajstić information content (AvgIpc) is 2.09. The summed E-state index contributed by atoms with van der Waals surface area (Å²) in [6.45, 7) is 2.69. The molecule has 0 aliphatic heterocycles. The summed E-state index contributed by atoms with van der Waals surface area (Å²) in [6.07, 6.45) is 2.22. The lowest BCUT2D eigenvalue weighted by molar-refractivity contribution is 0.161. The normalized spacial score (nSPS) is 10.2. The van der Waals surface area contributed by atoms with Crippen molar-refractivity contribution in [2.24, 2.45) is 0 Å². The molecule has 2 nitrogen and oxygen atoms in total. The highest BCUT2D eigenvalue weighted by Gasteiger charge is 1.98. The molecule has 0 amide bonds. The molecule has 0 aliphatic rings. The molecular weight excluding hydrogens is 150 g/mol. The van der Waals surface area contributed by atoms with Crippen molar-refractivity contribution in [3.63, 3.8) is 0 Å². The predicted molar refractivity (Wildman–Crippen MR) is 49.1 cm³/mol. The molecule has 1 rings (SSSR count). The van der Waals surface area contributed by atoms with Crippen LogP contribution in [0, 0.1) is 0 Å². The van der Waals surface area contributed by atoms with Gasteiger partial charge in [0, 0.05) is 6.54 Å². The van der Waals surface area contributed by atoms with Crippen molar-refractivity contribution in [2.75, 3.05) is 0 Å². The molecule has 0 atom stereocenters. The summed E-state index contributed by atoms with van der Waals surface area (Å²) in [7, 11) is 0. The third-order valence-electron chi connectivity index (χ3n) is 1.91. The molecule has 0 radical (unpaired) electrons. The van der Waals surface area contributed by atoms with Gasteiger partial charge in [-0.05, 0) is 17.5 Å². The summed E-state index contributed by atoms with van der Waals surface area (Å²) < 4.78 is 0. The van der Waals surface area contributed by atoms with Crippen LogP contribution in [-0.2, 0) is 13.0 Å². The monoisotopic (exact) mass is 165 g/mol. The standard InChI is InChI=1S/C10H15NO/c1-2-5-9-6-3-4-7-10(9)8-11-12/h3-4,6-7,11-12H,2,5,8H2,1H3. The smallest absolute Gasteiger partial charge is 0.0460 e. The lowest BCUT2D eigenvalue weighted by Gasteiger charge is -2.06. The Hall–Kier alpha value is -0.860. The van der Waals surface area contributed by atoms with Crippen molar-refractivity contribution < 1.29 is 5.21 Å². The van der Waals surface area contributed by atoms with Crippen LogP contribution in [0.4, 0.5) is 0 Å². The molecule has 0 unspecified atom stereocenters. The van der Waals surface area contributed by atoms with Crippen LogP contribution in [0.1, 0.15) is 24.5 Å². The van der Waals surface area contributed by atoms with Gasteiger partial charge < -0.3 is 5.21 Å². The zero-order chi connectivity index (χ0) is 8.81. The first-order valence-corrected chi connectivity index (χ1v) is 4.32. The van der Waals surface area contributed by atoms with Gasteiger partial charge in [0.1, 0.15) is 0 Å². The van der Waals surface area contributed by atoms with E-state index in [9.17, 15) is 0 Å². The third kappa shape index (κ3) is 2.32. The first kappa shape index (κ1) is 9.23. The van der Waals surface area contributed by atoms with Crippen molar-refractivity contribution in [2.45, 2.75) is 26.3 Å². The maximum atomic E-state index is 8.56. The van der Waals surface area contributed by atoms with Gasteiger partial charge in [0.25, 0.3) is 0 Å². The molecule has 2 N–H and O–H groups in total. The zero-order valence-corrected chi connectivity index (χ0v) is 7.38. The van der Waals surface area contributed by atoms with E-state index in [1.165, 1.54) is 11.1 Å². The summed E-state index contributed by atoms with van der Waals surface area (Å²) >= 11 is 0. The molecule has 1 aromatic carbocycles. The number of benzene rings is 1. The fraction of sp³-hybridized carbons (Fsp3) is 0.400. The van der Waals surface area contributed by atoms with E-state index >= 15 is 0 Å². The summed E-state index contributed by atoms with van der Waals surface area (Å²) in [5.74, 6) is 0. The van der Waals surface area contributed by atoms with Crippen LogP contribution in [0.15, 0.2) is 24.3 Å². The molecule has 0 aromatic heterocycles. The molecule has 0 saturated carbocycles. The second kappa shape index (κ2) is 4.91. The quantitative estimate of drug-likeness (QED) is 0.670. The molecule has 0 heterocycles. The van der Waals surface area contributed by atoms with Crippen molar-refractivity contribution in [1.82, 2.24) is 5.48 Å². The molecule has 0 saturated heterocycles. The second-order valence-corrected chi connectivity index (χ2v) is 2.85. The van der Waals surface area contributed by atoms with E-state index in [2.05, 4.69) is 18.5 Å². The Kier molecular flexibility index (Phi) is 3.77. The van der Waals surface area contributed by atoms with Crippen LogP contribution in [0.2, 0.25) is 0 Å². The van der Waals surface area contributed by atoms with E-state index in [-0.39, 0.29) is 0 Å². The average molecular weight is 165 g/mol. The van der Waals surface area contributed by atoms with Crippen molar-refractivity contribution in [3.8, 4) is 0 Å². The minimum absolute atomic E-state index is 0.538. The number of hydroxylamine groups is 1. The Labute approximate surface area is 73.2 Å². The molecular formula is C10H15NO. The lowest BCUT2D eigenvalue weighted by atomic mass is 10.0. The largest absolute Gasteiger partial charge is 0.316 e. The number of rotatable bonds is 4. The number of nitrogens with one attached hydrogen (secondary N) is 1. The highest BCUT2D eigenvalue weighted by Crippen LogP contribution is 2.10. The fourth-order valence-electron chi connectivity index (χ4n) is 1.33. The molecule has 0 bridgehead atoms. The molecule has 2 heteroatoms. The number of aryl methyl sites for hydroxylation is 1. The topological polar surface area (TPSA) is 32.3 Å². The maximum absolute atomic E-state index is 8.56. The van der Waals surface area contributed by atoms with Gasteiger partial charge in [0.2, 0.25) is 0 Å². The summed E-state index contributed by atoms with van der Waals surface area (Å²) in [5.41, 5.74) is 4.69. The molecule has 1 aromatic rings. The van der Waals surface area contributed by atoms with E-state index in [1.807, 2.05) is 18.2 Å². The third-order valence-corrected chi connectivity index (χ3v) is 1.91. The Morgan fingerprint density at radius 3 is 2.50 bits per heavy atom. The zero-order valence-electron chi connectivity index (χ0n) is 7.38. The second-order valence-electron chi connectivity index (χ2n) is 2.85. The van der Waals surface area contributed by atoms with Crippen molar-refractivity contribution >= 4 is 0 Å². The van der Waals surface area contributed by atoms with Crippen LogP contribution in [0.25, 0.3) is 0 Å². The van der Waals surface area contributed by atoms with Gasteiger partial charge in [-0.2, -0.15) is 0 Å². The van der Waals surface area contributed by atoms with Crippen molar-refractivity contribution in [3.05, 3.63) is 35.4 Å². The van der Waals surface area contributed by atoms with Gasteiger partial charge >= 0.3 is 0 Å². The van der Waals surface area contributed by atoms with Gasteiger partial charge in [0.05, 0.1) is 0 Å². The fourth-order valence-corrected chi connectivity index (χ4v) is 1.33. The van der Waals surface area contributed by atoms with E-state index in [0.29, 0.717) is 6.54 Å². The number of hydrogen-bond donors (Lipinski definition) is 2. The van der Waals surface area contributed by atoms with Gasteiger partial charge in [-0.1, -0.05) is 37.6 Å². The predicted octanol–water partition coefficient (Wildman–Crippen LogP) is 2.12. The first-order chi connectivity index (χ1) is 5.88. The summed E-state index contributed by atoms with van der Waals surface area (Å²) in [4.78, 5) is 0. The Bertz CT molecular complexity index is 210. The minimum atomic E-state index is 0.538. The summed E-state index contributed by atoms with van der Waals surface area (Å²) in [5, 5.41) is 8.56. The van der Waals surface area contributed by atoms with Crippen LogP contribution in [-0.4, -0.2) is 5.21 Å². The minimum Gasteiger partial charge on any atom is -0.316 e. The van der Waals surface area contributed by atoms with E-state index in [0.717, 1.165) is 12.8 Å². The Balaban J connectivity index is 2.77. The van der Waals surface area contributed by atoms with Gasteiger partial charge in [-0.3, -0.25) is 0 Å². The van der Waals surface area contributed by atoms with E-state index in [4.69, 9.17) is 5.21 Å². The molecule has 66 valence electrons. The highest BCUT2D eigenvalue weighted by atomic mass is 16.5.